The average molecular weight is 336 g/mol. The maximum absolute atomic E-state index is 12.4. The SMILES string of the molecule is CC1CN(C(=O)NC(CCC(=O)O)Cc2ccccc2)CCS1. The topological polar surface area (TPSA) is 69.6 Å². The fourth-order valence-electron chi connectivity index (χ4n) is 2.69. The van der Waals surface area contributed by atoms with Gasteiger partial charge in [-0.05, 0) is 18.4 Å². The van der Waals surface area contributed by atoms with Crippen molar-refractivity contribution in [1.82, 2.24) is 10.2 Å². The highest BCUT2D eigenvalue weighted by molar-refractivity contribution is 7.99. The van der Waals surface area contributed by atoms with Crippen molar-refractivity contribution in [3.8, 4) is 0 Å². The van der Waals surface area contributed by atoms with Crippen LogP contribution in [0.25, 0.3) is 0 Å². The molecule has 5 nitrogen and oxygen atoms in total. The lowest BCUT2D eigenvalue weighted by Gasteiger charge is -2.32. The normalized spacial score (nSPS) is 19.2. The number of carboxylic acid groups (broad SMARTS) is 1. The summed E-state index contributed by atoms with van der Waals surface area (Å²) in [5.74, 6) is 0.118. The Kier molecular flexibility index (Phi) is 6.77. The number of rotatable bonds is 6. The molecular weight excluding hydrogens is 312 g/mol. The van der Waals surface area contributed by atoms with E-state index in [9.17, 15) is 9.59 Å². The van der Waals surface area contributed by atoms with E-state index < -0.39 is 5.97 Å². The van der Waals surface area contributed by atoms with Gasteiger partial charge in [0.05, 0.1) is 0 Å². The Morgan fingerprint density at radius 2 is 2.13 bits per heavy atom. The van der Waals surface area contributed by atoms with Gasteiger partial charge in [0.25, 0.3) is 0 Å². The van der Waals surface area contributed by atoms with E-state index in [0.29, 0.717) is 18.1 Å². The van der Waals surface area contributed by atoms with Gasteiger partial charge in [0.1, 0.15) is 0 Å². The Labute approximate surface area is 141 Å². The molecule has 1 heterocycles. The Balaban J connectivity index is 1.95. The molecule has 0 spiro atoms. The average Bonchev–Trinajstić information content (AvgIpc) is 2.53. The lowest BCUT2D eigenvalue weighted by atomic mass is 10.0. The zero-order valence-electron chi connectivity index (χ0n) is 13.4. The van der Waals surface area contributed by atoms with Crippen molar-refractivity contribution in [2.45, 2.75) is 37.5 Å². The fraction of sp³-hybridized carbons (Fsp3) is 0.529. The van der Waals surface area contributed by atoms with E-state index in [1.807, 2.05) is 47.0 Å². The summed E-state index contributed by atoms with van der Waals surface area (Å²) < 4.78 is 0. The molecule has 1 aromatic rings. The van der Waals surface area contributed by atoms with Crippen molar-refractivity contribution in [2.75, 3.05) is 18.8 Å². The van der Waals surface area contributed by atoms with Crippen molar-refractivity contribution in [1.29, 1.82) is 0 Å². The first-order valence-corrected chi connectivity index (χ1v) is 9.02. The Morgan fingerprint density at radius 1 is 1.39 bits per heavy atom. The largest absolute Gasteiger partial charge is 0.481 e. The van der Waals surface area contributed by atoms with Crippen LogP contribution in [0, 0.1) is 0 Å². The first-order chi connectivity index (χ1) is 11.0. The number of amides is 2. The minimum absolute atomic E-state index is 0.0596. The van der Waals surface area contributed by atoms with Gasteiger partial charge in [-0.15, -0.1) is 0 Å². The van der Waals surface area contributed by atoms with E-state index in [4.69, 9.17) is 5.11 Å². The summed E-state index contributed by atoms with van der Waals surface area (Å²) in [6.07, 6.45) is 1.15. The predicted molar refractivity (Wildman–Crippen MR) is 92.8 cm³/mol. The van der Waals surface area contributed by atoms with E-state index in [-0.39, 0.29) is 18.5 Å². The monoisotopic (exact) mass is 336 g/mol. The van der Waals surface area contributed by atoms with Crippen LogP contribution < -0.4 is 5.32 Å². The number of urea groups is 1. The summed E-state index contributed by atoms with van der Waals surface area (Å²) >= 11 is 1.88. The van der Waals surface area contributed by atoms with Gasteiger partial charge in [-0.3, -0.25) is 4.79 Å². The van der Waals surface area contributed by atoms with E-state index in [2.05, 4.69) is 12.2 Å². The second-order valence-electron chi connectivity index (χ2n) is 5.90. The molecule has 0 saturated carbocycles. The molecule has 0 bridgehead atoms. The van der Waals surface area contributed by atoms with Crippen molar-refractivity contribution in [3.63, 3.8) is 0 Å². The summed E-state index contributed by atoms with van der Waals surface area (Å²) in [5.41, 5.74) is 1.10. The van der Waals surface area contributed by atoms with Gasteiger partial charge in [-0.2, -0.15) is 11.8 Å². The van der Waals surface area contributed by atoms with Gasteiger partial charge < -0.3 is 15.3 Å². The van der Waals surface area contributed by atoms with Crippen LogP contribution in [0.5, 0.6) is 0 Å². The molecule has 2 unspecified atom stereocenters. The second kappa shape index (κ2) is 8.82. The van der Waals surface area contributed by atoms with Crippen molar-refractivity contribution >= 4 is 23.8 Å². The van der Waals surface area contributed by atoms with Gasteiger partial charge in [-0.25, -0.2) is 4.79 Å². The molecular formula is C17H24N2O3S. The molecule has 1 aromatic carbocycles. The number of benzene rings is 1. The number of carboxylic acids is 1. The van der Waals surface area contributed by atoms with E-state index >= 15 is 0 Å². The second-order valence-corrected chi connectivity index (χ2v) is 7.44. The Morgan fingerprint density at radius 3 is 2.78 bits per heavy atom. The molecule has 1 fully saturated rings. The number of aliphatic carboxylic acids is 1. The van der Waals surface area contributed by atoms with Crippen LogP contribution in [0.15, 0.2) is 30.3 Å². The molecule has 2 amide bonds. The highest BCUT2D eigenvalue weighted by atomic mass is 32.2. The van der Waals surface area contributed by atoms with E-state index in [0.717, 1.165) is 24.4 Å². The lowest BCUT2D eigenvalue weighted by Crippen LogP contribution is -2.50. The van der Waals surface area contributed by atoms with Gasteiger partial charge in [0, 0.05) is 36.6 Å². The zero-order valence-corrected chi connectivity index (χ0v) is 14.2. The quantitative estimate of drug-likeness (QED) is 0.838. The van der Waals surface area contributed by atoms with Crippen LogP contribution in [0.1, 0.15) is 25.3 Å². The highest BCUT2D eigenvalue weighted by Crippen LogP contribution is 2.18. The maximum atomic E-state index is 12.4. The van der Waals surface area contributed by atoms with Crippen molar-refractivity contribution in [2.24, 2.45) is 0 Å². The molecule has 1 aliphatic heterocycles. The van der Waals surface area contributed by atoms with Gasteiger partial charge in [0.15, 0.2) is 0 Å². The van der Waals surface area contributed by atoms with Gasteiger partial charge >= 0.3 is 12.0 Å². The number of carbonyl (C=O) groups is 2. The Bertz CT molecular complexity index is 524. The first-order valence-electron chi connectivity index (χ1n) is 7.97. The number of hydrogen-bond donors (Lipinski definition) is 2. The lowest BCUT2D eigenvalue weighted by molar-refractivity contribution is -0.137. The molecule has 2 N–H and O–H groups in total. The van der Waals surface area contributed by atoms with Crippen LogP contribution in [0.4, 0.5) is 4.79 Å². The van der Waals surface area contributed by atoms with Crippen LogP contribution in [-0.4, -0.2) is 52.1 Å². The number of thioether (sulfide) groups is 1. The van der Waals surface area contributed by atoms with Crippen LogP contribution in [0.3, 0.4) is 0 Å². The maximum Gasteiger partial charge on any atom is 0.317 e. The third kappa shape index (κ3) is 6.14. The van der Waals surface area contributed by atoms with Crippen molar-refractivity contribution < 1.29 is 14.7 Å². The predicted octanol–water partition coefficient (Wildman–Crippen LogP) is 2.61. The number of hydrogen-bond acceptors (Lipinski definition) is 3. The molecule has 2 atom stereocenters. The van der Waals surface area contributed by atoms with E-state index in [1.54, 1.807) is 0 Å². The van der Waals surface area contributed by atoms with Gasteiger partial charge in [0.2, 0.25) is 0 Å². The Hall–Kier alpha value is -1.69. The molecule has 126 valence electrons. The van der Waals surface area contributed by atoms with Gasteiger partial charge in [-0.1, -0.05) is 37.3 Å². The fourth-order valence-corrected chi connectivity index (χ4v) is 3.70. The minimum Gasteiger partial charge on any atom is -0.481 e. The standard InChI is InChI=1S/C17H24N2O3S/c1-13-12-19(9-10-23-13)17(22)18-15(7-8-16(20)21)11-14-5-3-2-4-6-14/h2-6,13,15H,7-12H2,1H3,(H,18,22)(H,20,21). The molecule has 0 aromatic heterocycles. The smallest absolute Gasteiger partial charge is 0.317 e. The van der Waals surface area contributed by atoms with Crippen LogP contribution in [-0.2, 0) is 11.2 Å². The molecule has 1 aliphatic rings. The van der Waals surface area contributed by atoms with Crippen molar-refractivity contribution in [3.05, 3.63) is 35.9 Å². The van der Waals surface area contributed by atoms with Crippen LogP contribution in [0.2, 0.25) is 0 Å². The third-order valence-electron chi connectivity index (χ3n) is 3.89. The molecule has 6 heteroatoms. The molecule has 0 radical (unpaired) electrons. The zero-order chi connectivity index (χ0) is 16.7. The summed E-state index contributed by atoms with van der Waals surface area (Å²) in [4.78, 5) is 25.1. The summed E-state index contributed by atoms with van der Waals surface area (Å²) in [6, 6.07) is 9.61. The number of nitrogens with one attached hydrogen (secondary N) is 1. The molecule has 0 aliphatic carbocycles. The minimum atomic E-state index is -0.833. The summed E-state index contributed by atoms with van der Waals surface area (Å²) in [5, 5.41) is 12.4. The van der Waals surface area contributed by atoms with E-state index in [1.165, 1.54) is 0 Å². The molecule has 23 heavy (non-hydrogen) atoms. The number of nitrogens with zero attached hydrogens (tertiary/aromatic N) is 1. The van der Waals surface area contributed by atoms with Crippen LogP contribution >= 0.6 is 11.8 Å². The summed E-state index contributed by atoms with van der Waals surface area (Å²) in [6.45, 7) is 3.61. The summed E-state index contributed by atoms with van der Waals surface area (Å²) in [7, 11) is 0. The molecule has 2 rings (SSSR count). The highest BCUT2D eigenvalue weighted by Gasteiger charge is 2.23. The third-order valence-corrected chi connectivity index (χ3v) is 5.02. The molecule has 1 saturated heterocycles. The first kappa shape index (κ1) is 17.7. The number of carbonyl (C=O) groups excluding carboxylic acids is 1.